The number of anilines is 1. The Labute approximate surface area is 123 Å². The minimum atomic E-state index is 0.0802. The molecule has 0 aliphatic rings. The topological polar surface area (TPSA) is 44.1 Å². The van der Waals surface area contributed by atoms with E-state index in [4.69, 9.17) is 5.26 Å². The second-order valence-electron chi connectivity index (χ2n) is 4.55. The first kappa shape index (κ1) is 14.3. The standard InChI is InChI=1S/C16H16N2OS/c1-18(14-6-2-5-13(11-14)12-17)16(19)9-3-7-15-8-4-10-20-15/h2,4-6,8,10-11H,3,7,9H2,1H3. The van der Waals surface area contributed by atoms with Crippen LogP contribution < -0.4 is 4.90 Å². The van der Waals surface area contributed by atoms with Crippen molar-refractivity contribution in [2.75, 3.05) is 11.9 Å². The Balaban J connectivity index is 1.89. The molecule has 3 nitrogen and oxygen atoms in total. The first-order valence-electron chi connectivity index (χ1n) is 6.50. The van der Waals surface area contributed by atoms with E-state index in [9.17, 15) is 4.79 Å². The highest BCUT2D eigenvalue weighted by Crippen LogP contribution is 2.17. The number of benzene rings is 1. The van der Waals surface area contributed by atoms with E-state index in [0.29, 0.717) is 12.0 Å². The molecule has 0 unspecified atom stereocenters. The third kappa shape index (κ3) is 3.69. The van der Waals surface area contributed by atoms with Crippen molar-refractivity contribution in [3.63, 3.8) is 0 Å². The summed E-state index contributed by atoms with van der Waals surface area (Å²) in [5.74, 6) is 0.0802. The lowest BCUT2D eigenvalue weighted by molar-refractivity contribution is -0.118. The molecule has 1 aromatic carbocycles. The predicted octanol–water partition coefficient (Wildman–Crippen LogP) is 3.61. The lowest BCUT2D eigenvalue weighted by Crippen LogP contribution is -2.25. The number of nitrogens with zero attached hydrogens (tertiary/aromatic N) is 2. The molecule has 1 heterocycles. The maximum Gasteiger partial charge on any atom is 0.226 e. The maximum absolute atomic E-state index is 12.1. The molecule has 102 valence electrons. The smallest absolute Gasteiger partial charge is 0.226 e. The van der Waals surface area contributed by atoms with E-state index in [1.165, 1.54) is 4.88 Å². The maximum atomic E-state index is 12.1. The molecular weight excluding hydrogens is 268 g/mol. The highest BCUT2D eigenvalue weighted by molar-refractivity contribution is 7.09. The van der Waals surface area contributed by atoms with Gasteiger partial charge in [0, 0.05) is 24.0 Å². The van der Waals surface area contributed by atoms with Crippen molar-refractivity contribution in [3.05, 3.63) is 52.2 Å². The van der Waals surface area contributed by atoms with Crippen LogP contribution in [0, 0.1) is 11.3 Å². The Morgan fingerprint density at radius 2 is 2.20 bits per heavy atom. The molecular formula is C16H16N2OS. The molecule has 1 amide bonds. The number of rotatable bonds is 5. The quantitative estimate of drug-likeness (QED) is 0.842. The number of thiophene rings is 1. The van der Waals surface area contributed by atoms with Crippen LogP contribution in [0.1, 0.15) is 23.3 Å². The molecule has 0 spiro atoms. The Morgan fingerprint density at radius 3 is 2.90 bits per heavy atom. The molecule has 0 atom stereocenters. The number of hydrogen-bond donors (Lipinski definition) is 0. The summed E-state index contributed by atoms with van der Waals surface area (Å²) in [6.07, 6.45) is 2.31. The van der Waals surface area contributed by atoms with Crippen LogP contribution in [0.4, 0.5) is 5.69 Å². The van der Waals surface area contributed by atoms with Crippen LogP contribution in [-0.2, 0) is 11.2 Å². The average molecular weight is 284 g/mol. The van der Waals surface area contributed by atoms with Gasteiger partial charge in [-0.3, -0.25) is 4.79 Å². The van der Waals surface area contributed by atoms with E-state index >= 15 is 0 Å². The minimum Gasteiger partial charge on any atom is -0.315 e. The Bertz CT molecular complexity index is 614. The second kappa shape index (κ2) is 6.88. The molecule has 0 bridgehead atoms. The number of aryl methyl sites for hydroxylation is 1. The van der Waals surface area contributed by atoms with Crippen LogP contribution in [0.2, 0.25) is 0 Å². The number of carbonyl (C=O) groups is 1. The van der Waals surface area contributed by atoms with E-state index in [1.54, 1.807) is 41.5 Å². The van der Waals surface area contributed by atoms with Gasteiger partial charge in [-0.2, -0.15) is 5.26 Å². The summed E-state index contributed by atoms with van der Waals surface area (Å²) in [7, 11) is 1.75. The zero-order valence-corrected chi connectivity index (χ0v) is 12.2. The molecule has 0 fully saturated rings. The van der Waals surface area contributed by atoms with Crippen molar-refractivity contribution in [2.24, 2.45) is 0 Å². The van der Waals surface area contributed by atoms with E-state index < -0.39 is 0 Å². The van der Waals surface area contributed by atoms with Crippen molar-refractivity contribution in [1.82, 2.24) is 0 Å². The van der Waals surface area contributed by atoms with Crippen molar-refractivity contribution in [1.29, 1.82) is 5.26 Å². The zero-order valence-electron chi connectivity index (χ0n) is 11.4. The molecule has 1 aromatic heterocycles. The summed E-state index contributed by atoms with van der Waals surface area (Å²) in [4.78, 5) is 15.1. The predicted molar refractivity (Wildman–Crippen MR) is 81.8 cm³/mol. The van der Waals surface area contributed by atoms with Gasteiger partial charge >= 0.3 is 0 Å². The highest BCUT2D eigenvalue weighted by Gasteiger charge is 2.11. The fourth-order valence-electron chi connectivity index (χ4n) is 1.96. The average Bonchev–Trinajstić information content (AvgIpc) is 2.99. The van der Waals surface area contributed by atoms with Crippen LogP contribution in [0.25, 0.3) is 0 Å². The van der Waals surface area contributed by atoms with Crippen LogP contribution >= 0.6 is 11.3 Å². The lowest BCUT2D eigenvalue weighted by Gasteiger charge is -2.17. The van der Waals surface area contributed by atoms with Crippen LogP contribution in [0.15, 0.2) is 41.8 Å². The monoisotopic (exact) mass is 284 g/mol. The summed E-state index contributed by atoms with van der Waals surface area (Å²) in [5.41, 5.74) is 1.34. The number of carbonyl (C=O) groups excluding carboxylic acids is 1. The van der Waals surface area contributed by atoms with Gasteiger partial charge in [0.05, 0.1) is 11.6 Å². The molecule has 0 saturated heterocycles. The Morgan fingerprint density at radius 1 is 1.35 bits per heavy atom. The van der Waals surface area contributed by atoms with Gasteiger partial charge in [-0.25, -0.2) is 0 Å². The van der Waals surface area contributed by atoms with Crippen LogP contribution in [-0.4, -0.2) is 13.0 Å². The first-order chi connectivity index (χ1) is 9.70. The fourth-order valence-corrected chi connectivity index (χ4v) is 2.72. The van der Waals surface area contributed by atoms with Crippen LogP contribution in [0.3, 0.4) is 0 Å². The third-order valence-corrected chi connectivity index (χ3v) is 4.07. The second-order valence-corrected chi connectivity index (χ2v) is 5.58. The molecule has 0 saturated carbocycles. The largest absolute Gasteiger partial charge is 0.315 e. The van der Waals surface area contributed by atoms with Crippen molar-refractivity contribution in [2.45, 2.75) is 19.3 Å². The van der Waals surface area contributed by atoms with Crippen molar-refractivity contribution in [3.8, 4) is 6.07 Å². The zero-order chi connectivity index (χ0) is 14.4. The number of hydrogen-bond acceptors (Lipinski definition) is 3. The van der Waals surface area contributed by atoms with Gasteiger partial charge in [0.1, 0.15) is 0 Å². The summed E-state index contributed by atoms with van der Waals surface area (Å²) in [6, 6.07) is 13.3. The fraction of sp³-hybridized carbons (Fsp3) is 0.250. The van der Waals surface area contributed by atoms with Gasteiger partial charge in [0.2, 0.25) is 5.91 Å². The summed E-state index contributed by atoms with van der Waals surface area (Å²) in [5, 5.41) is 10.9. The van der Waals surface area contributed by atoms with Gasteiger partial charge in [-0.1, -0.05) is 12.1 Å². The van der Waals surface area contributed by atoms with Crippen molar-refractivity contribution >= 4 is 22.9 Å². The van der Waals surface area contributed by atoms with Crippen LogP contribution in [0.5, 0.6) is 0 Å². The van der Waals surface area contributed by atoms with Gasteiger partial charge < -0.3 is 4.90 Å². The Kier molecular flexibility index (Phi) is 4.91. The molecule has 0 N–H and O–H groups in total. The Hall–Kier alpha value is -2.12. The summed E-state index contributed by atoms with van der Waals surface area (Å²) in [6.45, 7) is 0. The third-order valence-electron chi connectivity index (χ3n) is 3.13. The van der Waals surface area contributed by atoms with Crippen molar-refractivity contribution < 1.29 is 4.79 Å². The van der Waals surface area contributed by atoms with Gasteiger partial charge in [-0.15, -0.1) is 11.3 Å². The molecule has 4 heteroatoms. The molecule has 0 aliphatic carbocycles. The van der Waals surface area contributed by atoms with E-state index in [1.807, 2.05) is 12.1 Å². The lowest BCUT2D eigenvalue weighted by atomic mass is 10.1. The van der Waals surface area contributed by atoms with Gasteiger partial charge in [0.25, 0.3) is 0 Å². The van der Waals surface area contributed by atoms with Gasteiger partial charge in [-0.05, 0) is 42.5 Å². The SMILES string of the molecule is CN(C(=O)CCCc1cccs1)c1cccc(C#N)c1. The number of amides is 1. The van der Waals surface area contributed by atoms with E-state index in [0.717, 1.165) is 18.5 Å². The molecule has 20 heavy (non-hydrogen) atoms. The molecule has 2 aromatic rings. The van der Waals surface area contributed by atoms with E-state index in [2.05, 4.69) is 17.5 Å². The normalized spacial score (nSPS) is 10.0. The van der Waals surface area contributed by atoms with Gasteiger partial charge in [0.15, 0.2) is 0 Å². The first-order valence-corrected chi connectivity index (χ1v) is 7.38. The summed E-state index contributed by atoms with van der Waals surface area (Å²) >= 11 is 1.72. The molecule has 0 radical (unpaired) electrons. The highest BCUT2D eigenvalue weighted by atomic mass is 32.1. The van der Waals surface area contributed by atoms with E-state index in [-0.39, 0.29) is 5.91 Å². The molecule has 0 aliphatic heterocycles. The minimum absolute atomic E-state index is 0.0802. The molecule has 2 rings (SSSR count). The summed E-state index contributed by atoms with van der Waals surface area (Å²) < 4.78 is 0. The number of nitriles is 1.